The minimum atomic E-state index is -0.307. The van der Waals surface area contributed by atoms with Crippen LogP contribution in [0.15, 0.2) is 39.8 Å². The van der Waals surface area contributed by atoms with Gasteiger partial charge >= 0.3 is 0 Å². The number of furan rings is 1. The molecule has 27 heavy (non-hydrogen) atoms. The van der Waals surface area contributed by atoms with E-state index in [9.17, 15) is 9.59 Å². The van der Waals surface area contributed by atoms with Crippen molar-refractivity contribution in [1.29, 1.82) is 0 Å². The first-order valence-corrected chi connectivity index (χ1v) is 9.50. The number of nitrogens with zero attached hydrogens (tertiary/aromatic N) is 3. The Labute approximate surface area is 156 Å². The van der Waals surface area contributed by atoms with Gasteiger partial charge in [0.05, 0.1) is 6.33 Å². The van der Waals surface area contributed by atoms with Gasteiger partial charge in [0.1, 0.15) is 17.6 Å². The van der Waals surface area contributed by atoms with Crippen LogP contribution >= 0.6 is 0 Å². The molecule has 1 aromatic carbocycles. The third-order valence-electron chi connectivity index (χ3n) is 6.17. The number of hydrogen-bond acceptors (Lipinski definition) is 5. The normalized spacial score (nSPS) is 19.3. The lowest BCUT2D eigenvalue weighted by Gasteiger charge is -2.38. The summed E-state index contributed by atoms with van der Waals surface area (Å²) in [6, 6.07) is 7.44. The maximum atomic E-state index is 12.8. The molecule has 1 N–H and O–H groups in total. The van der Waals surface area contributed by atoms with Crippen molar-refractivity contribution in [1.82, 2.24) is 19.8 Å². The number of fused-ring (bicyclic) bond motifs is 3. The van der Waals surface area contributed by atoms with E-state index >= 15 is 0 Å². The molecule has 140 valence electrons. The highest BCUT2D eigenvalue weighted by Crippen LogP contribution is 2.36. The number of piperidine rings is 1. The molecule has 0 unspecified atom stereocenters. The number of rotatable bonds is 2. The lowest BCUT2D eigenvalue weighted by atomic mass is 9.78. The molecule has 5 rings (SSSR count). The first-order chi connectivity index (χ1) is 13.2. The van der Waals surface area contributed by atoms with E-state index < -0.39 is 0 Å². The Bertz CT molecular complexity index is 1070. The molecule has 1 amide bonds. The van der Waals surface area contributed by atoms with Crippen LogP contribution in [-0.2, 0) is 11.3 Å². The summed E-state index contributed by atoms with van der Waals surface area (Å²) in [7, 11) is 0. The molecule has 2 fully saturated rings. The minimum Gasteiger partial charge on any atom is -0.448 e. The molecule has 7 nitrogen and oxygen atoms in total. The van der Waals surface area contributed by atoms with E-state index in [4.69, 9.17) is 4.42 Å². The molecule has 3 aromatic rings. The van der Waals surface area contributed by atoms with Gasteiger partial charge in [0.15, 0.2) is 0 Å². The number of benzene rings is 1. The highest BCUT2D eigenvalue weighted by atomic mass is 16.3. The molecule has 2 aliphatic rings. The van der Waals surface area contributed by atoms with E-state index in [0.29, 0.717) is 16.5 Å². The van der Waals surface area contributed by atoms with Crippen molar-refractivity contribution in [3.8, 4) is 0 Å². The monoisotopic (exact) mass is 366 g/mol. The number of amides is 1. The fraction of sp³-hybridized carbons (Fsp3) is 0.450. The third-order valence-corrected chi connectivity index (χ3v) is 6.17. The number of likely N-dealkylation sites (tertiary alicyclic amines) is 1. The predicted octanol–water partition coefficient (Wildman–Crippen LogP) is 1.74. The summed E-state index contributed by atoms with van der Waals surface area (Å²) in [5.74, 6) is -0.0323. The predicted molar refractivity (Wildman–Crippen MR) is 102 cm³/mol. The van der Waals surface area contributed by atoms with Gasteiger partial charge < -0.3 is 14.6 Å². The second kappa shape index (κ2) is 6.20. The molecular formula is C20H22N4O3. The van der Waals surface area contributed by atoms with Crippen molar-refractivity contribution in [2.45, 2.75) is 25.8 Å². The maximum Gasteiger partial charge on any atom is 0.297 e. The first kappa shape index (κ1) is 16.5. The van der Waals surface area contributed by atoms with Crippen LogP contribution in [0.25, 0.3) is 22.1 Å². The van der Waals surface area contributed by atoms with Crippen molar-refractivity contribution in [3.05, 3.63) is 40.9 Å². The zero-order valence-corrected chi connectivity index (χ0v) is 15.1. The Hall–Kier alpha value is -2.67. The molecule has 1 spiro atoms. The van der Waals surface area contributed by atoms with Crippen LogP contribution < -0.4 is 10.9 Å². The summed E-state index contributed by atoms with van der Waals surface area (Å²) >= 11 is 0. The molecule has 2 saturated heterocycles. The number of para-hydroxylation sites is 1. The minimum absolute atomic E-state index is 0.00404. The molecule has 0 radical (unpaired) electrons. The maximum absolute atomic E-state index is 12.8. The van der Waals surface area contributed by atoms with Gasteiger partial charge in [-0.2, -0.15) is 0 Å². The first-order valence-electron chi connectivity index (χ1n) is 9.50. The summed E-state index contributed by atoms with van der Waals surface area (Å²) in [6.07, 6.45) is 4.71. The van der Waals surface area contributed by atoms with Crippen LogP contribution in [0.1, 0.15) is 19.3 Å². The highest BCUT2D eigenvalue weighted by molar-refractivity contribution is 6.01. The molecule has 0 bridgehead atoms. The summed E-state index contributed by atoms with van der Waals surface area (Å²) in [5, 5.41) is 4.25. The van der Waals surface area contributed by atoms with Gasteiger partial charge in [-0.15, -0.1) is 0 Å². The van der Waals surface area contributed by atoms with Crippen LogP contribution in [0.2, 0.25) is 0 Å². The summed E-state index contributed by atoms with van der Waals surface area (Å²) < 4.78 is 7.04. The van der Waals surface area contributed by atoms with Gasteiger partial charge in [-0.1, -0.05) is 12.1 Å². The van der Waals surface area contributed by atoms with E-state index in [-0.39, 0.29) is 23.6 Å². The Morgan fingerprint density at radius 2 is 2.04 bits per heavy atom. The van der Waals surface area contributed by atoms with Crippen molar-refractivity contribution >= 4 is 28.0 Å². The standard InChI is InChI=1S/C20H22N4O3/c25-16(23-9-6-20(7-10-23)5-8-21-12-20)11-24-13-22-17-14-3-1-2-4-15(14)27-18(17)19(24)26/h1-4,13,21H,5-12H2. The van der Waals surface area contributed by atoms with Crippen LogP contribution in [-0.4, -0.2) is 46.5 Å². The molecule has 2 aromatic heterocycles. The third kappa shape index (κ3) is 2.73. The average Bonchev–Trinajstić information content (AvgIpc) is 3.30. The Morgan fingerprint density at radius 3 is 2.81 bits per heavy atom. The van der Waals surface area contributed by atoms with Crippen molar-refractivity contribution < 1.29 is 9.21 Å². The van der Waals surface area contributed by atoms with Crippen molar-refractivity contribution in [3.63, 3.8) is 0 Å². The zero-order valence-electron chi connectivity index (χ0n) is 15.1. The van der Waals surface area contributed by atoms with Crippen molar-refractivity contribution in [2.24, 2.45) is 5.41 Å². The smallest absolute Gasteiger partial charge is 0.297 e. The lowest BCUT2D eigenvalue weighted by molar-refractivity contribution is -0.134. The largest absolute Gasteiger partial charge is 0.448 e. The molecule has 0 aliphatic carbocycles. The van der Waals surface area contributed by atoms with Crippen LogP contribution in [0, 0.1) is 5.41 Å². The summed E-state index contributed by atoms with van der Waals surface area (Å²) in [6.45, 7) is 3.66. The number of aromatic nitrogens is 2. The van der Waals surface area contributed by atoms with Gasteiger partial charge in [-0.05, 0) is 43.4 Å². The van der Waals surface area contributed by atoms with E-state index in [2.05, 4.69) is 10.3 Å². The second-order valence-electron chi connectivity index (χ2n) is 7.76. The van der Waals surface area contributed by atoms with Gasteiger partial charge in [0.25, 0.3) is 5.56 Å². The summed E-state index contributed by atoms with van der Waals surface area (Å²) in [5.41, 5.74) is 1.45. The quantitative estimate of drug-likeness (QED) is 0.747. The lowest BCUT2D eigenvalue weighted by Crippen LogP contribution is -2.45. The van der Waals surface area contributed by atoms with E-state index in [1.54, 1.807) is 0 Å². The van der Waals surface area contributed by atoms with Gasteiger partial charge in [-0.3, -0.25) is 14.2 Å². The Kier molecular flexibility index (Phi) is 3.79. The molecule has 7 heteroatoms. The Morgan fingerprint density at radius 1 is 1.22 bits per heavy atom. The zero-order chi connectivity index (χ0) is 18.4. The molecule has 4 heterocycles. The van der Waals surface area contributed by atoms with Crippen LogP contribution in [0.3, 0.4) is 0 Å². The Balaban J connectivity index is 1.37. The fourth-order valence-corrected chi connectivity index (χ4v) is 4.43. The van der Waals surface area contributed by atoms with Gasteiger partial charge in [0.2, 0.25) is 11.5 Å². The molecule has 0 atom stereocenters. The fourth-order valence-electron chi connectivity index (χ4n) is 4.43. The SMILES string of the molecule is O=C(Cn1cnc2c(oc3ccccc32)c1=O)N1CCC2(CCNC2)CC1. The van der Waals surface area contributed by atoms with Crippen molar-refractivity contribution in [2.75, 3.05) is 26.2 Å². The van der Waals surface area contributed by atoms with E-state index in [1.165, 1.54) is 17.3 Å². The van der Waals surface area contributed by atoms with Crippen LogP contribution in [0.5, 0.6) is 0 Å². The van der Waals surface area contributed by atoms with E-state index in [1.807, 2.05) is 29.2 Å². The number of nitrogens with one attached hydrogen (secondary N) is 1. The molecule has 0 saturated carbocycles. The van der Waals surface area contributed by atoms with Gasteiger partial charge in [-0.25, -0.2) is 4.98 Å². The number of hydrogen-bond donors (Lipinski definition) is 1. The number of carbonyl (C=O) groups excluding carboxylic acids is 1. The topological polar surface area (TPSA) is 80.4 Å². The van der Waals surface area contributed by atoms with Crippen LogP contribution in [0.4, 0.5) is 0 Å². The molecule has 2 aliphatic heterocycles. The number of carbonyl (C=O) groups is 1. The summed E-state index contributed by atoms with van der Waals surface area (Å²) in [4.78, 5) is 31.7. The average molecular weight is 366 g/mol. The molecular weight excluding hydrogens is 344 g/mol. The second-order valence-corrected chi connectivity index (χ2v) is 7.76. The highest BCUT2D eigenvalue weighted by Gasteiger charge is 2.38. The van der Waals surface area contributed by atoms with E-state index in [0.717, 1.165) is 44.4 Å². The van der Waals surface area contributed by atoms with Gasteiger partial charge in [0, 0.05) is 25.0 Å².